The van der Waals surface area contributed by atoms with Gasteiger partial charge in [0.2, 0.25) is 0 Å². The second-order valence-electron chi connectivity index (χ2n) is 7.75. The van der Waals surface area contributed by atoms with Gasteiger partial charge < -0.3 is 15.2 Å². The molecule has 4 atom stereocenters. The first-order chi connectivity index (χ1) is 14.1. The van der Waals surface area contributed by atoms with E-state index in [0.29, 0.717) is 12.2 Å². The van der Waals surface area contributed by atoms with Crippen LogP contribution in [-0.2, 0) is 0 Å². The summed E-state index contributed by atoms with van der Waals surface area (Å²) in [6.45, 7) is 1.77. The third-order valence-electron chi connectivity index (χ3n) is 5.77. The summed E-state index contributed by atoms with van der Waals surface area (Å²) >= 11 is 0. The van der Waals surface area contributed by atoms with Crippen LogP contribution in [0.15, 0.2) is 48.8 Å². The van der Waals surface area contributed by atoms with Crippen molar-refractivity contribution in [1.82, 2.24) is 15.2 Å². The Hall–Kier alpha value is -2.51. The molecule has 1 amide bonds. The van der Waals surface area contributed by atoms with E-state index in [-0.39, 0.29) is 23.6 Å². The lowest BCUT2D eigenvalue weighted by molar-refractivity contribution is 0.00136. The number of nitrogens with one attached hydrogen (secondary N) is 1. The average Bonchev–Trinajstić information content (AvgIpc) is 3.04. The second-order valence-corrected chi connectivity index (χ2v) is 7.75. The normalized spacial score (nSPS) is 27.5. The molecule has 2 N–H and O–H groups in total. The van der Waals surface area contributed by atoms with Crippen molar-refractivity contribution < 1.29 is 19.0 Å². The number of carbonyl (C=O) groups is 1. The van der Waals surface area contributed by atoms with Gasteiger partial charge in [0.25, 0.3) is 5.91 Å². The highest BCUT2D eigenvalue weighted by atomic mass is 19.1. The van der Waals surface area contributed by atoms with E-state index < -0.39 is 18.0 Å². The third-order valence-corrected chi connectivity index (χ3v) is 5.77. The fraction of sp³-hybridized carbons (Fsp3) is 0.455. The first-order valence-corrected chi connectivity index (χ1v) is 10.2. The predicted octanol–water partition coefficient (Wildman–Crippen LogP) is 2.39. The SMILES string of the molecule is O=C(N[C@@H]1C[C@@H](Oc2cccnc2)[C@H](O)[C@H]1N1CCCCC1)c1cccc(F)c1. The van der Waals surface area contributed by atoms with Crippen LogP contribution < -0.4 is 10.1 Å². The van der Waals surface area contributed by atoms with Crippen molar-refractivity contribution in [2.24, 2.45) is 0 Å². The molecule has 1 aromatic carbocycles. The lowest BCUT2D eigenvalue weighted by Gasteiger charge is -2.37. The molecule has 0 bridgehead atoms. The number of hydrogen-bond donors (Lipinski definition) is 2. The van der Waals surface area contributed by atoms with Gasteiger partial charge in [-0.05, 0) is 56.3 Å². The highest BCUT2D eigenvalue weighted by Crippen LogP contribution is 2.31. The number of aliphatic hydroxyl groups is 1. The second kappa shape index (κ2) is 8.88. The number of aromatic nitrogens is 1. The first kappa shape index (κ1) is 19.8. The number of benzene rings is 1. The van der Waals surface area contributed by atoms with Crippen molar-refractivity contribution in [3.63, 3.8) is 0 Å². The molecule has 154 valence electrons. The van der Waals surface area contributed by atoms with Gasteiger partial charge >= 0.3 is 0 Å². The van der Waals surface area contributed by atoms with Gasteiger partial charge in [-0.2, -0.15) is 0 Å². The summed E-state index contributed by atoms with van der Waals surface area (Å²) in [6, 6.07) is 8.68. The van der Waals surface area contributed by atoms with Crippen molar-refractivity contribution in [2.75, 3.05) is 13.1 Å². The monoisotopic (exact) mass is 399 g/mol. The van der Waals surface area contributed by atoms with Gasteiger partial charge in [0.1, 0.15) is 23.8 Å². The Bertz CT molecular complexity index is 829. The molecule has 2 aliphatic rings. The number of amides is 1. The molecule has 29 heavy (non-hydrogen) atoms. The molecular formula is C22H26FN3O3. The summed E-state index contributed by atoms with van der Waals surface area (Å²) in [6.07, 6.45) is 5.87. The third kappa shape index (κ3) is 4.57. The molecule has 0 radical (unpaired) electrons. The molecule has 2 fully saturated rings. The minimum Gasteiger partial charge on any atom is -0.486 e. The maximum Gasteiger partial charge on any atom is 0.251 e. The molecular weight excluding hydrogens is 373 g/mol. The van der Waals surface area contributed by atoms with E-state index in [4.69, 9.17) is 4.74 Å². The maximum atomic E-state index is 13.5. The van der Waals surface area contributed by atoms with Gasteiger partial charge in [-0.15, -0.1) is 0 Å². The van der Waals surface area contributed by atoms with Gasteiger partial charge in [-0.1, -0.05) is 12.5 Å². The van der Waals surface area contributed by atoms with Gasteiger partial charge in [0, 0.05) is 18.2 Å². The molecule has 1 saturated carbocycles. The highest BCUT2D eigenvalue weighted by molar-refractivity contribution is 5.94. The number of nitrogens with zero attached hydrogens (tertiary/aromatic N) is 2. The van der Waals surface area contributed by atoms with E-state index in [0.717, 1.165) is 25.9 Å². The standard InChI is InChI=1S/C22H26FN3O3/c23-16-7-4-6-15(12-16)22(28)25-18-13-19(29-17-8-5-9-24-14-17)21(27)20(18)26-10-2-1-3-11-26/h4-9,12,14,18-21,27H,1-3,10-11,13H2,(H,25,28)/t18-,19-,20+,21+/m1/s1. The van der Waals surface area contributed by atoms with E-state index in [1.165, 1.54) is 24.6 Å². The van der Waals surface area contributed by atoms with Crippen molar-refractivity contribution in [3.05, 3.63) is 60.2 Å². The smallest absolute Gasteiger partial charge is 0.251 e. The van der Waals surface area contributed by atoms with E-state index in [9.17, 15) is 14.3 Å². The van der Waals surface area contributed by atoms with Crippen molar-refractivity contribution >= 4 is 5.91 Å². The van der Waals surface area contributed by atoms with Gasteiger partial charge in [-0.3, -0.25) is 14.7 Å². The van der Waals surface area contributed by atoms with Crippen LogP contribution in [0.2, 0.25) is 0 Å². The Labute approximate surface area is 169 Å². The van der Waals surface area contributed by atoms with Crippen LogP contribution >= 0.6 is 0 Å². The van der Waals surface area contributed by atoms with Crippen LogP contribution in [-0.4, -0.2) is 58.3 Å². The topological polar surface area (TPSA) is 74.7 Å². The van der Waals surface area contributed by atoms with E-state index in [2.05, 4.69) is 15.2 Å². The Kier molecular flexibility index (Phi) is 6.06. The molecule has 4 rings (SSSR count). The summed E-state index contributed by atoms with van der Waals surface area (Å²) in [5.41, 5.74) is 0.272. The predicted molar refractivity (Wildman–Crippen MR) is 106 cm³/mol. The van der Waals surface area contributed by atoms with Crippen LogP contribution in [0.5, 0.6) is 5.75 Å². The number of aliphatic hydroxyl groups excluding tert-OH is 1. The van der Waals surface area contributed by atoms with Crippen LogP contribution in [0.1, 0.15) is 36.0 Å². The summed E-state index contributed by atoms with van der Waals surface area (Å²) in [5.74, 6) is -0.203. The molecule has 2 heterocycles. The molecule has 1 saturated heterocycles. The van der Waals surface area contributed by atoms with Crippen molar-refractivity contribution in [2.45, 2.75) is 50.0 Å². The fourth-order valence-corrected chi connectivity index (χ4v) is 4.41. The minimum atomic E-state index is -0.744. The van der Waals surface area contributed by atoms with Gasteiger partial charge in [0.15, 0.2) is 0 Å². The van der Waals surface area contributed by atoms with Crippen LogP contribution in [0.3, 0.4) is 0 Å². The lowest BCUT2D eigenvalue weighted by atomic mass is 10.0. The van der Waals surface area contributed by atoms with E-state index in [1.54, 1.807) is 30.6 Å². The molecule has 1 aliphatic heterocycles. The molecule has 0 unspecified atom stereocenters. The summed E-state index contributed by atoms with van der Waals surface area (Å²) in [4.78, 5) is 19.0. The Morgan fingerprint density at radius 3 is 2.76 bits per heavy atom. The van der Waals surface area contributed by atoms with Crippen LogP contribution in [0.25, 0.3) is 0 Å². The zero-order chi connectivity index (χ0) is 20.2. The Balaban J connectivity index is 1.52. The largest absolute Gasteiger partial charge is 0.486 e. The molecule has 7 heteroatoms. The number of hydrogen-bond acceptors (Lipinski definition) is 5. The first-order valence-electron chi connectivity index (χ1n) is 10.2. The number of carbonyl (C=O) groups excluding carboxylic acids is 1. The van der Waals surface area contributed by atoms with E-state index >= 15 is 0 Å². The van der Waals surface area contributed by atoms with E-state index in [1.807, 2.05) is 0 Å². The molecule has 2 aromatic rings. The Morgan fingerprint density at radius 2 is 2.03 bits per heavy atom. The zero-order valence-corrected chi connectivity index (χ0v) is 16.2. The quantitative estimate of drug-likeness (QED) is 0.808. The Morgan fingerprint density at radius 1 is 1.21 bits per heavy atom. The van der Waals surface area contributed by atoms with Crippen LogP contribution in [0.4, 0.5) is 4.39 Å². The molecule has 1 aromatic heterocycles. The number of halogens is 1. The number of rotatable bonds is 5. The molecule has 6 nitrogen and oxygen atoms in total. The molecule has 0 spiro atoms. The highest BCUT2D eigenvalue weighted by Gasteiger charge is 2.47. The number of likely N-dealkylation sites (tertiary alicyclic amines) is 1. The zero-order valence-electron chi connectivity index (χ0n) is 16.2. The van der Waals surface area contributed by atoms with Crippen LogP contribution in [0, 0.1) is 5.82 Å². The lowest BCUT2D eigenvalue weighted by Crippen LogP contribution is -2.54. The number of pyridine rings is 1. The van der Waals surface area contributed by atoms with Gasteiger partial charge in [0.05, 0.1) is 18.3 Å². The van der Waals surface area contributed by atoms with Crippen molar-refractivity contribution in [1.29, 1.82) is 0 Å². The minimum absolute atomic E-state index is 0.241. The average molecular weight is 399 g/mol. The number of ether oxygens (including phenoxy) is 1. The summed E-state index contributed by atoms with van der Waals surface area (Å²) < 4.78 is 19.5. The summed E-state index contributed by atoms with van der Waals surface area (Å²) in [7, 11) is 0. The molecule has 1 aliphatic carbocycles. The summed E-state index contributed by atoms with van der Waals surface area (Å²) in [5, 5.41) is 14.1. The fourth-order valence-electron chi connectivity index (χ4n) is 4.41. The van der Waals surface area contributed by atoms with Crippen molar-refractivity contribution in [3.8, 4) is 5.75 Å². The maximum absolute atomic E-state index is 13.5. The van der Waals surface area contributed by atoms with Gasteiger partial charge in [-0.25, -0.2) is 4.39 Å². The number of piperidine rings is 1.